The molecule has 4 radical (unpaired) electrons. The number of nitrogens with zero attached hydrogens (tertiary/aromatic N) is 3. The van der Waals surface area contributed by atoms with Crippen molar-refractivity contribution in [3.8, 4) is 0 Å². The fourth-order valence-electron chi connectivity index (χ4n) is 8.73. The summed E-state index contributed by atoms with van der Waals surface area (Å²) in [5.41, 5.74) is 15.0. The quantitative estimate of drug-likeness (QED) is 0.0121. The maximum absolute atomic E-state index is 12.6. The Morgan fingerprint density at radius 1 is 0.529 bits per heavy atom. The summed E-state index contributed by atoms with van der Waals surface area (Å²) in [5.74, 6) is -0.150. The van der Waals surface area contributed by atoms with Gasteiger partial charge in [0.1, 0.15) is 29.2 Å². The zero-order valence-electron chi connectivity index (χ0n) is 49.9. The van der Waals surface area contributed by atoms with Crippen LogP contribution < -0.4 is 5.73 Å². The summed E-state index contributed by atoms with van der Waals surface area (Å²) in [6.45, 7) is 9.25. The zero-order chi connectivity index (χ0) is 55.2. The summed E-state index contributed by atoms with van der Waals surface area (Å²) in [6, 6.07) is -0.617. The second kappa shape index (κ2) is 57.8. The van der Waals surface area contributed by atoms with Crippen molar-refractivity contribution in [3.05, 3.63) is 10.4 Å². The van der Waals surface area contributed by atoms with Crippen LogP contribution in [0.3, 0.4) is 0 Å². The lowest BCUT2D eigenvalue weighted by molar-refractivity contribution is -0.151. The Bertz CT molecular complexity index is 1320. The number of hydrogen-bond acceptors (Lipinski definition) is 8. The van der Waals surface area contributed by atoms with E-state index in [0.717, 1.165) is 89.9 Å². The highest BCUT2D eigenvalue weighted by Crippen LogP contribution is 2.21. The number of carbonyl (C=O) groups excluding carboxylic acids is 2. The monoisotopic (exact) mass is 1060 g/mol. The minimum Gasteiger partial charge on any atom is -0.462 e. The molecule has 0 aliphatic rings. The molecular weight excluding hydrogens is 940 g/mol. The van der Waals surface area contributed by atoms with E-state index < -0.39 is 40.5 Å². The van der Waals surface area contributed by atoms with Crippen molar-refractivity contribution in [1.82, 2.24) is 0 Å². The topological polar surface area (TPSA) is 146 Å². The van der Waals surface area contributed by atoms with Crippen LogP contribution in [0.5, 0.6) is 0 Å². The molecule has 0 rings (SSSR count). The van der Waals surface area contributed by atoms with Gasteiger partial charge in [0.2, 0.25) is 0 Å². The van der Waals surface area contributed by atoms with E-state index in [1.165, 1.54) is 161 Å². The molecule has 0 aliphatic heterocycles. The highest BCUT2D eigenvalue weighted by atomic mass is 31.3. The zero-order valence-corrected chi connectivity index (χ0v) is 49.9. The van der Waals surface area contributed by atoms with Crippen LogP contribution in [0, 0.1) is 0 Å². The van der Waals surface area contributed by atoms with Crippen LogP contribution in [0.4, 0.5) is 0 Å². The summed E-state index contributed by atoms with van der Waals surface area (Å²) < 4.78 is 52.8. The largest absolute Gasteiger partial charge is 0.462 e. The second-order valence-electron chi connectivity index (χ2n) is 20.0. The van der Waals surface area contributed by atoms with Crippen LogP contribution in [0.15, 0.2) is 5.11 Å². The van der Waals surface area contributed by atoms with Crippen LogP contribution >= 0.6 is 17.5 Å². The fraction of sp³-hybridized carbons (Fsp3) is 0.963. The number of azide groups is 1. The molecule has 6 unspecified atom stereocenters. The predicted molar refractivity (Wildman–Crippen MR) is 314 cm³/mol. The van der Waals surface area contributed by atoms with Crippen molar-refractivity contribution in [1.29, 1.82) is 5.03 Å². The third kappa shape index (κ3) is 56.8. The van der Waals surface area contributed by atoms with Gasteiger partial charge in [-0.05, 0) is 82.6 Å². The predicted octanol–water partition coefficient (Wildman–Crippen LogP) is 15.8. The number of nitrogens with two attached hydrogens (primary N) is 1. The second-order valence-corrected chi connectivity index (χ2v) is 25.0. The maximum Gasteiger partial charge on any atom is 0.306 e. The molecule has 0 heterocycles. The Labute approximate surface area is 448 Å². The van der Waals surface area contributed by atoms with Gasteiger partial charge in [-0.3, -0.25) is 9.59 Å². The highest BCUT2D eigenvalue weighted by molar-refractivity contribution is 7.71. The molecule has 16 heteroatoms. The molecule has 0 aromatic heterocycles. The first-order valence-corrected chi connectivity index (χ1v) is 35.1. The Hall–Kier alpha value is -0.446. The van der Waals surface area contributed by atoms with Crippen molar-refractivity contribution >= 4 is 61.3 Å². The fourth-order valence-corrected chi connectivity index (χ4v) is 10.0. The molecule has 0 spiro atoms. The smallest absolute Gasteiger partial charge is 0.306 e. The van der Waals surface area contributed by atoms with Crippen LogP contribution in [-0.2, 0) is 27.9 Å². The molecule has 0 amide bonds. The molecule has 2 N–H and O–H groups in total. The molecule has 0 aliphatic carbocycles. The number of hydrogen-bond donors (Lipinski definition) is 1. The molecule has 0 bridgehead atoms. The van der Waals surface area contributed by atoms with Gasteiger partial charge in [-0.15, -0.1) is 17.5 Å². The third-order valence-corrected chi connectivity index (χ3v) is 14.9. The number of unbranched alkanes of at least 4 members (excludes halogenated alkanes) is 28. The first-order valence-electron chi connectivity index (χ1n) is 31.1. The van der Waals surface area contributed by atoms with E-state index in [0.29, 0.717) is 19.3 Å². The highest BCUT2D eigenvalue weighted by Gasteiger charge is 2.18. The van der Waals surface area contributed by atoms with Crippen molar-refractivity contribution < 1.29 is 27.9 Å². The van der Waals surface area contributed by atoms with E-state index in [1.807, 2.05) is 0 Å². The summed E-state index contributed by atoms with van der Waals surface area (Å²) in [6.07, 6.45) is 46.7. The van der Waals surface area contributed by atoms with Crippen molar-refractivity contribution in [2.24, 2.45) is 10.8 Å². The summed E-state index contributed by atoms with van der Waals surface area (Å²) in [5, 5.41) is 3.79. The third-order valence-electron chi connectivity index (χ3n) is 13.1. The Balaban J connectivity index is 0. The Morgan fingerprint density at radius 2 is 0.843 bits per heavy atom. The normalized spacial score (nSPS) is 15.9. The number of ether oxygens (including phenoxy) is 2. The van der Waals surface area contributed by atoms with E-state index in [1.54, 1.807) is 0 Å². The molecule has 0 aromatic rings. The molecule has 0 saturated carbocycles. The van der Waals surface area contributed by atoms with Crippen LogP contribution in [0.25, 0.3) is 10.4 Å². The van der Waals surface area contributed by atoms with Crippen LogP contribution in [0.2, 0.25) is 0 Å². The average molecular weight is 1060 g/mol. The number of carbonyl (C=O) groups is 2. The van der Waals surface area contributed by atoms with E-state index in [9.17, 15) is 9.59 Å². The van der Waals surface area contributed by atoms with E-state index in [4.69, 9.17) is 49.5 Å². The van der Waals surface area contributed by atoms with Gasteiger partial charge >= 0.3 is 11.9 Å². The minimum absolute atomic E-state index is 0.0335. The molecule has 8 atom stereocenters. The summed E-state index contributed by atoms with van der Waals surface area (Å²) >= 11 is 0. The molecule has 10 nitrogen and oxygen atoms in total. The maximum atomic E-state index is 12.6. The summed E-state index contributed by atoms with van der Waals surface area (Å²) in [4.78, 5) is 27.9. The van der Waals surface area contributed by atoms with E-state index in [2.05, 4.69) is 37.7 Å². The average Bonchev–Trinajstić information content (AvgIpc) is 3.38. The van der Waals surface area contributed by atoms with Gasteiger partial charge in [0, 0.05) is 39.5 Å². The van der Waals surface area contributed by atoms with Gasteiger partial charge in [0.25, 0.3) is 0 Å². The first kappa shape index (κ1) is 63.8. The van der Waals surface area contributed by atoms with E-state index >= 15 is 0 Å². The molecule has 0 aromatic carbocycles. The molecule has 408 valence electrons. The lowest BCUT2D eigenvalue weighted by Gasteiger charge is -2.20. The van der Waals surface area contributed by atoms with Gasteiger partial charge in [-0.25, -0.2) is 0 Å². The Kier molecular flexibility index (Phi) is 52.7. The van der Waals surface area contributed by atoms with Gasteiger partial charge < -0.3 is 24.1 Å². The lowest BCUT2D eigenvalue weighted by atomic mass is 10.0. The summed E-state index contributed by atoms with van der Waals surface area (Å²) in [7, 11) is 4.15. The first-order chi connectivity index (χ1) is 35.7. The number of rotatable bonds is 55. The lowest BCUT2D eigenvalue weighted by Crippen LogP contribution is -2.29. The molecule has 0 saturated heterocycles. The standard InChI is InChI=1S/C27H55BN3O3PSi.C27H57BNO3PSi/c1-3-5-7-9-11-12-13-14-16-18-23-27(32)34-26(21-17-15-10-8-6-4-2)22-19-20-25(30-31-29)24-33-36(28)35;1-3-5-7-9-11-12-13-14-16-18-23-27(30)32-26(21-17-15-10-8-6-4-2)22-19-20-25(29)24-31-34(28)33/h25-26,36H,3-24,35H2,1-2H3;25-26,34H,3-24,29,33H2,1-2H3/t25-,26?,36?;25-,26?,34?/m11/s1/i35T,36D;33T,34D/t25-,26?,35?,36?;25-,26?,33?,34?. The van der Waals surface area contributed by atoms with Gasteiger partial charge in [0.15, 0.2) is 0 Å². The van der Waals surface area contributed by atoms with Crippen LogP contribution in [-0.4, -0.2) is 86.4 Å². The molecule has 70 heavy (non-hydrogen) atoms. The van der Waals surface area contributed by atoms with Crippen LogP contribution in [0.1, 0.15) is 297 Å². The van der Waals surface area contributed by atoms with Crippen molar-refractivity contribution in [2.75, 3.05) is 13.2 Å². The van der Waals surface area contributed by atoms with Gasteiger partial charge in [0.05, 0.1) is 23.5 Å². The minimum atomic E-state index is -3.22. The van der Waals surface area contributed by atoms with Gasteiger partial charge in [-0.2, -0.15) is 0 Å². The molecular formula is C54H112B2N4O6P2Si2. The van der Waals surface area contributed by atoms with E-state index in [-0.39, 0.29) is 43.4 Å². The van der Waals surface area contributed by atoms with Crippen molar-refractivity contribution in [2.45, 2.75) is 322 Å². The molecule has 0 fully saturated rings. The Morgan fingerprint density at radius 3 is 1.20 bits per heavy atom. The number of esters is 2. The van der Waals surface area contributed by atoms with Gasteiger partial charge in [-0.1, -0.05) is 213 Å². The van der Waals surface area contributed by atoms with Crippen molar-refractivity contribution in [3.63, 3.8) is 0 Å². The SMILES string of the molecule is [2H][Si]([B])(OC[C@@H](CCCC(CCCCCCCC)OC(=O)CCCCCCCCCCCC)N=[N+]=[N-])P[3H].[2H][Si]([B])(OC[C@H](N)CCCC(CCCCCCCC)OC(=O)CCCCCCCCCCCC)P[3H].